The van der Waals surface area contributed by atoms with Gasteiger partial charge in [0, 0.05) is 23.7 Å². The Bertz CT molecular complexity index is 678. The largest absolute Gasteiger partial charge is 0.598 e. The van der Waals surface area contributed by atoms with Gasteiger partial charge in [-0.05, 0) is 33.8 Å². The average molecular weight is 344 g/mol. The highest BCUT2D eigenvalue weighted by atomic mass is 32.2. The van der Waals surface area contributed by atoms with Crippen LogP contribution >= 0.6 is 0 Å². The molecule has 2 heterocycles. The summed E-state index contributed by atoms with van der Waals surface area (Å²) < 4.78 is 42.3. The zero-order chi connectivity index (χ0) is 17.4. The van der Waals surface area contributed by atoms with Crippen LogP contribution in [0, 0.1) is 0 Å². The summed E-state index contributed by atoms with van der Waals surface area (Å²) in [5.41, 5.74) is 1.25. The first kappa shape index (κ1) is 18.1. The van der Waals surface area contributed by atoms with Crippen LogP contribution in [0.4, 0.5) is 8.78 Å². The molecule has 0 aliphatic heterocycles. The molecular formula is C15H22F2N4OS. The van der Waals surface area contributed by atoms with Crippen LogP contribution in [-0.4, -0.2) is 30.0 Å². The van der Waals surface area contributed by atoms with E-state index in [-0.39, 0.29) is 10.8 Å². The smallest absolute Gasteiger partial charge is 0.264 e. The standard InChI is InChI=1S/C15H22F2N4OS/c1-10(20-23(22)14(2,3)4)12-6-11-7-19-21(9-15(5,16)17)13(11)8-18-12/h6-8,10,20H,9H2,1-5H3/t10-,23?/m1/s1. The fourth-order valence-electron chi connectivity index (χ4n) is 2.02. The van der Waals surface area contributed by atoms with Gasteiger partial charge in [-0.15, -0.1) is 4.72 Å². The van der Waals surface area contributed by atoms with Crippen molar-refractivity contribution in [2.75, 3.05) is 0 Å². The molecule has 5 nitrogen and oxygen atoms in total. The third-order valence-corrected chi connectivity index (χ3v) is 4.94. The fraction of sp³-hybridized carbons (Fsp3) is 0.600. The Morgan fingerprint density at radius 1 is 1.30 bits per heavy atom. The van der Waals surface area contributed by atoms with E-state index in [2.05, 4.69) is 14.8 Å². The SMILES string of the molecule is C[C@@H](N[S+]([O-])C(C)(C)C)c1cc2cnn(CC(C)(F)F)c2cn1. The van der Waals surface area contributed by atoms with Crippen LogP contribution in [0.3, 0.4) is 0 Å². The van der Waals surface area contributed by atoms with Crippen LogP contribution in [0.2, 0.25) is 0 Å². The summed E-state index contributed by atoms with van der Waals surface area (Å²) in [7, 11) is 0. The normalized spacial score (nSPS) is 15.8. The minimum atomic E-state index is -2.84. The molecule has 0 spiro atoms. The van der Waals surface area contributed by atoms with Crippen molar-refractivity contribution < 1.29 is 13.3 Å². The second-order valence-electron chi connectivity index (χ2n) is 6.76. The summed E-state index contributed by atoms with van der Waals surface area (Å²) in [6.07, 6.45) is 3.07. The maximum absolute atomic E-state index is 13.2. The highest BCUT2D eigenvalue weighted by molar-refractivity contribution is 7.90. The van der Waals surface area contributed by atoms with Crippen molar-refractivity contribution in [2.24, 2.45) is 0 Å². The van der Waals surface area contributed by atoms with E-state index in [4.69, 9.17) is 0 Å². The van der Waals surface area contributed by atoms with Gasteiger partial charge in [-0.25, -0.2) is 8.78 Å². The number of rotatable bonds is 5. The number of halogens is 2. The van der Waals surface area contributed by atoms with Crippen molar-refractivity contribution >= 4 is 22.3 Å². The quantitative estimate of drug-likeness (QED) is 0.846. The number of alkyl halides is 2. The zero-order valence-corrected chi connectivity index (χ0v) is 14.7. The molecule has 2 rings (SSSR count). The second kappa shape index (κ2) is 6.33. The van der Waals surface area contributed by atoms with Crippen LogP contribution in [0.15, 0.2) is 18.5 Å². The lowest BCUT2D eigenvalue weighted by molar-refractivity contribution is 0.00181. The molecule has 0 saturated carbocycles. The molecular weight excluding hydrogens is 322 g/mol. The van der Waals surface area contributed by atoms with E-state index < -0.39 is 23.8 Å². The van der Waals surface area contributed by atoms with Crippen molar-refractivity contribution in [1.82, 2.24) is 19.5 Å². The molecule has 2 aromatic heterocycles. The zero-order valence-electron chi connectivity index (χ0n) is 13.9. The van der Waals surface area contributed by atoms with Crippen molar-refractivity contribution in [1.29, 1.82) is 0 Å². The van der Waals surface area contributed by atoms with Gasteiger partial charge in [0.2, 0.25) is 0 Å². The van der Waals surface area contributed by atoms with Gasteiger partial charge >= 0.3 is 0 Å². The molecule has 0 radical (unpaired) electrons. The third-order valence-electron chi connectivity index (χ3n) is 3.26. The molecule has 128 valence electrons. The van der Waals surface area contributed by atoms with Gasteiger partial charge in [0.25, 0.3) is 5.92 Å². The lowest BCUT2D eigenvalue weighted by Crippen LogP contribution is -2.40. The van der Waals surface area contributed by atoms with Crippen molar-refractivity contribution in [2.45, 2.75) is 57.9 Å². The minimum absolute atomic E-state index is 0.226. The number of pyridine rings is 1. The fourth-order valence-corrected chi connectivity index (χ4v) is 2.81. The molecule has 23 heavy (non-hydrogen) atoms. The first-order valence-corrected chi connectivity index (χ1v) is 8.50. The summed E-state index contributed by atoms with van der Waals surface area (Å²) in [6, 6.07) is 1.56. The van der Waals surface area contributed by atoms with E-state index in [0.717, 1.165) is 12.3 Å². The maximum Gasteiger partial charge on any atom is 0.264 e. The summed E-state index contributed by atoms with van der Waals surface area (Å²) in [6.45, 7) is 7.88. The molecule has 0 aromatic carbocycles. The number of nitrogens with zero attached hydrogens (tertiary/aromatic N) is 3. The Labute approximate surface area is 137 Å². The molecule has 0 fully saturated rings. The van der Waals surface area contributed by atoms with Crippen LogP contribution in [0.1, 0.15) is 46.4 Å². The van der Waals surface area contributed by atoms with Crippen molar-refractivity contribution in [3.63, 3.8) is 0 Å². The highest BCUT2D eigenvalue weighted by Gasteiger charge is 2.29. The molecule has 1 N–H and O–H groups in total. The Kier molecular flexibility index (Phi) is 4.98. The Morgan fingerprint density at radius 2 is 1.96 bits per heavy atom. The Hall–Kier alpha value is -1.25. The van der Waals surface area contributed by atoms with E-state index in [0.29, 0.717) is 11.2 Å². The van der Waals surface area contributed by atoms with Crippen LogP contribution < -0.4 is 4.72 Å². The predicted molar refractivity (Wildman–Crippen MR) is 87.6 cm³/mol. The molecule has 1 unspecified atom stereocenters. The summed E-state index contributed by atoms with van der Waals surface area (Å²) in [5, 5.41) is 4.73. The number of hydrogen-bond donors (Lipinski definition) is 1. The first-order chi connectivity index (χ1) is 10.5. The van der Waals surface area contributed by atoms with Crippen molar-refractivity contribution in [3.05, 3.63) is 24.2 Å². The van der Waals surface area contributed by atoms with Gasteiger partial charge in [0.1, 0.15) is 11.3 Å². The molecule has 0 amide bonds. The minimum Gasteiger partial charge on any atom is -0.598 e. The Morgan fingerprint density at radius 3 is 2.52 bits per heavy atom. The van der Waals surface area contributed by atoms with Gasteiger partial charge in [0.15, 0.2) is 0 Å². The molecule has 0 bridgehead atoms. The van der Waals surface area contributed by atoms with Gasteiger partial charge in [-0.2, -0.15) is 5.10 Å². The summed E-state index contributed by atoms with van der Waals surface area (Å²) in [4.78, 5) is 4.30. The molecule has 2 atom stereocenters. The maximum atomic E-state index is 13.2. The second-order valence-corrected chi connectivity index (χ2v) is 8.76. The van der Waals surface area contributed by atoms with Gasteiger partial charge in [-0.3, -0.25) is 9.67 Å². The van der Waals surface area contributed by atoms with Gasteiger partial charge in [0.05, 0.1) is 29.6 Å². The number of aromatic nitrogens is 3. The van der Waals surface area contributed by atoms with Crippen LogP contribution in [0.5, 0.6) is 0 Å². The topological polar surface area (TPSA) is 65.8 Å². The van der Waals surface area contributed by atoms with E-state index in [9.17, 15) is 13.3 Å². The van der Waals surface area contributed by atoms with E-state index in [1.807, 2.05) is 27.7 Å². The van der Waals surface area contributed by atoms with Crippen LogP contribution in [-0.2, 0) is 17.9 Å². The molecule has 0 aliphatic carbocycles. The lowest BCUT2D eigenvalue weighted by atomic mass is 10.2. The van der Waals surface area contributed by atoms with Gasteiger partial charge in [-0.1, -0.05) is 0 Å². The average Bonchev–Trinajstić information content (AvgIpc) is 2.78. The first-order valence-electron chi connectivity index (χ1n) is 7.35. The van der Waals surface area contributed by atoms with Gasteiger partial charge < -0.3 is 4.55 Å². The van der Waals surface area contributed by atoms with E-state index in [1.54, 1.807) is 12.3 Å². The number of hydrogen-bond acceptors (Lipinski definition) is 4. The monoisotopic (exact) mass is 344 g/mol. The Balaban J connectivity index is 2.21. The number of nitrogens with one attached hydrogen (secondary N) is 1. The van der Waals surface area contributed by atoms with E-state index in [1.165, 1.54) is 10.9 Å². The van der Waals surface area contributed by atoms with Crippen molar-refractivity contribution in [3.8, 4) is 0 Å². The third kappa shape index (κ3) is 4.62. The summed E-state index contributed by atoms with van der Waals surface area (Å²) >= 11 is -1.22. The number of fused-ring (bicyclic) bond motifs is 1. The summed E-state index contributed by atoms with van der Waals surface area (Å²) in [5.74, 6) is -2.84. The molecule has 0 saturated heterocycles. The highest BCUT2D eigenvalue weighted by Crippen LogP contribution is 2.23. The molecule has 0 aliphatic rings. The molecule has 8 heteroatoms. The predicted octanol–water partition coefficient (Wildman–Crippen LogP) is 3.20. The lowest BCUT2D eigenvalue weighted by Gasteiger charge is -2.26. The van der Waals surface area contributed by atoms with E-state index >= 15 is 0 Å². The molecule has 2 aromatic rings. The van der Waals surface area contributed by atoms with Crippen LogP contribution in [0.25, 0.3) is 10.9 Å².